The molecule has 1 amide bonds. The van der Waals surface area contributed by atoms with Gasteiger partial charge in [-0.1, -0.05) is 19.1 Å². The van der Waals surface area contributed by atoms with E-state index in [0.717, 1.165) is 55.2 Å². The molecule has 3 aromatic rings. The van der Waals surface area contributed by atoms with Crippen LogP contribution in [0.25, 0.3) is 0 Å². The Labute approximate surface area is 194 Å². The Kier molecular flexibility index (Phi) is 7.02. The predicted molar refractivity (Wildman–Crippen MR) is 127 cm³/mol. The second kappa shape index (κ2) is 10.3. The molecule has 3 heterocycles. The molecule has 1 aliphatic heterocycles. The Morgan fingerprint density at radius 1 is 1.12 bits per heavy atom. The number of hydrogen-bond donors (Lipinski definition) is 1. The fourth-order valence-corrected chi connectivity index (χ4v) is 3.86. The van der Waals surface area contributed by atoms with Gasteiger partial charge < -0.3 is 19.7 Å². The van der Waals surface area contributed by atoms with E-state index in [1.165, 1.54) is 5.56 Å². The van der Waals surface area contributed by atoms with Crippen LogP contribution >= 0.6 is 0 Å². The van der Waals surface area contributed by atoms with Crippen molar-refractivity contribution in [1.82, 2.24) is 15.2 Å². The molecule has 33 heavy (non-hydrogen) atoms. The van der Waals surface area contributed by atoms with Gasteiger partial charge in [-0.05, 0) is 48.7 Å². The van der Waals surface area contributed by atoms with Gasteiger partial charge >= 0.3 is 0 Å². The van der Waals surface area contributed by atoms with E-state index in [1.807, 2.05) is 37.3 Å². The van der Waals surface area contributed by atoms with E-state index in [2.05, 4.69) is 32.3 Å². The van der Waals surface area contributed by atoms with Crippen molar-refractivity contribution in [2.24, 2.45) is 0 Å². The number of piperidine rings is 1. The van der Waals surface area contributed by atoms with E-state index < -0.39 is 0 Å². The lowest BCUT2D eigenvalue weighted by Crippen LogP contribution is -2.39. The molecule has 0 radical (unpaired) electrons. The van der Waals surface area contributed by atoms with E-state index in [-0.39, 0.29) is 12.0 Å². The molecule has 0 saturated carbocycles. The monoisotopic (exact) mass is 447 g/mol. The molecule has 1 aliphatic rings. The number of benzene rings is 1. The van der Waals surface area contributed by atoms with Crippen LogP contribution in [-0.2, 0) is 6.42 Å². The second-order valence-corrected chi connectivity index (χ2v) is 8.08. The number of nitrogens with one attached hydrogen (secondary N) is 1. The molecule has 172 valence electrons. The first-order valence-electron chi connectivity index (χ1n) is 11.2. The third-order valence-electron chi connectivity index (χ3n) is 5.77. The number of ether oxygens (including phenoxy) is 2. The summed E-state index contributed by atoms with van der Waals surface area (Å²) in [6.45, 7) is 5.67. The number of carbonyl (C=O) groups excluding carboxylic acids is 1. The number of aromatic nitrogens is 3. The van der Waals surface area contributed by atoms with E-state index >= 15 is 0 Å². The zero-order valence-electron chi connectivity index (χ0n) is 19.2. The number of carbonyl (C=O) groups is 1. The lowest BCUT2D eigenvalue weighted by atomic mass is 10.1. The molecule has 1 N–H and O–H groups in total. The number of hydrogen-bond acceptors (Lipinski definition) is 7. The molecule has 1 fully saturated rings. The maximum atomic E-state index is 12.6. The highest BCUT2D eigenvalue weighted by Crippen LogP contribution is 2.24. The van der Waals surface area contributed by atoms with Crippen molar-refractivity contribution in [2.45, 2.75) is 39.2 Å². The van der Waals surface area contributed by atoms with Crippen molar-refractivity contribution in [2.75, 3.05) is 30.4 Å². The van der Waals surface area contributed by atoms with Crippen molar-refractivity contribution in [1.29, 1.82) is 0 Å². The maximum absolute atomic E-state index is 12.6. The summed E-state index contributed by atoms with van der Waals surface area (Å²) in [5.41, 5.74) is 3.20. The number of aryl methyl sites for hydroxylation is 2. The van der Waals surface area contributed by atoms with Crippen LogP contribution in [0.3, 0.4) is 0 Å². The van der Waals surface area contributed by atoms with Gasteiger partial charge in [-0.2, -0.15) is 0 Å². The van der Waals surface area contributed by atoms with Crippen LogP contribution < -0.4 is 19.7 Å². The molecule has 2 aromatic heterocycles. The molecule has 0 unspecified atom stereocenters. The third-order valence-corrected chi connectivity index (χ3v) is 5.77. The van der Waals surface area contributed by atoms with Gasteiger partial charge in [-0.3, -0.25) is 4.79 Å². The Morgan fingerprint density at radius 2 is 1.88 bits per heavy atom. The van der Waals surface area contributed by atoms with Crippen molar-refractivity contribution in [3.63, 3.8) is 0 Å². The van der Waals surface area contributed by atoms with Crippen LogP contribution in [0.5, 0.6) is 11.6 Å². The molecule has 0 atom stereocenters. The van der Waals surface area contributed by atoms with E-state index in [1.54, 1.807) is 25.4 Å². The Bertz CT molecular complexity index is 1080. The van der Waals surface area contributed by atoms with Crippen LogP contribution in [-0.4, -0.2) is 47.4 Å². The van der Waals surface area contributed by atoms with Gasteiger partial charge in [-0.15, -0.1) is 10.2 Å². The Morgan fingerprint density at radius 3 is 2.48 bits per heavy atom. The molecular formula is C25H29N5O3. The summed E-state index contributed by atoms with van der Waals surface area (Å²) in [7, 11) is 1.59. The van der Waals surface area contributed by atoms with Crippen molar-refractivity contribution in [3.8, 4) is 11.6 Å². The third kappa shape index (κ3) is 5.58. The number of anilines is 2. The predicted octanol–water partition coefficient (Wildman–Crippen LogP) is 4.05. The van der Waals surface area contributed by atoms with E-state index in [9.17, 15) is 4.79 Å². The molecular weight excluding hydrogens is 418 g/mol. The van der Waals surface area contributed by atoms with Gasteiger partial charge in [0, 0.05) is 37.7 Å². The number of methoxy groups -OCH3 is 1. The lowest BCUT2D eigenvalue weighted by Gasteiger charge is -2.33. The first-order chi connectivity index (χ1) is 16.1. The largest absolute Gasteiger partial charge is 0.489 e. The Balaban J connectivity index is 1.33. The molecule has 8 nitrogen and oxygen atoms in total. The van der Waals surface area contributed by atoms with E-state index in [0.29, 0.717) is 11.6 Å². The van der Waals surface area contributed by atoms with Crippen molar-refractivity contribution >= 4 is 17.4 Å². The highest BCUT2D eigenvalue weighted by molar-refractivity contribution is 6.03. The molecule has 1 aromatic carbocycles. The highest BCUT2D eigenvalue weighted by atomic mass is 16.5. The van der Waals surface area contributed by atoms with Gasteiger partial charge in [0.25, 0.3) is 5.91 Å². The summed E-state index contributed by atoms with van der Waals surface area (Å²) >= 11 is 0. The second-order valence-electron chi connectivity index (χ2n) is 8.08. The molecule has 4 rings (SSSR count). The number of pyridine rings is 1. The average molecular weight is 448 g/mol. The minimum absolute atomic E-state index is 0.119. The quantitative estimate of drug-likeness (QED) is 0.584. The van der Waals surface area contributed by atoms with Gasteiger partial charge in [-0.25, -0.2) is 4.98 Å². The molecule has 1 saturated heterocycles. The first-order valence-corrected chi connectivity index (χ1v) is 11.2. The first kappa shape index (κ1) is 22.5. The summed E-state index contributed by atoms with van der Waals surface area (Å²) in [6.07, 6.45) is 4.49. The fraction of sp³-hybridized carbons (Fsp3) is 0.360. The van der Waals surface area contributed by atoms with Crippen LogP contribution in [0.15, 0.2) is 48.7 Å². The average Bonchev–Trinajstić information content (AvgIpc) is 2.85. The van der Waals surface area contributed by atoms with Crippen LogP contribution in [0, 0.1) is 6.92 Å². The number of nitrogens with zero attached hydrogens (tertiary/aromatic N) is 4. The Hall–Kier alpha value is -3.68. The fourth-order valence-electron chi connectivity index (χ4n) is 3.86. The van der Waals surface area contributed by atoms with Crippen molar-refractivity contribution in [3.05, 3.63) is 65.5 Å². The van der Waals surface area contributed by atoms with E-state index in [4.69, 9.17) is 9.47 Å². The molecule has 0 spiro atoms. The minimum Gasteiger partial charge on any atom is -0.489 e. The molecule has 8 heteroatoms. The van der Waals surface area contributed by atoms with Gasteiger partial charge in [0.05, 0.1) is 13.3 Å². The standard InChI is InChI=1S/C25H29N5O3/c1-4-18-5-7-19(8-6-18)27-25(31)22-15-17(2)24(29-28-22)30-13-11-20(12-14-30)33-21-9-10-23(32-3)26-16-21/h5-10,15-16,20H,4,11-14H2,1-3H3,(H,27,31). The topological polar surface area (TPSA) is 89.5 Å². The lowest BCUT2D eigenvalue weighted by molar-refractivity contribution is 0.102. The molecule has 0 bridgehead atoms. The minimum atomic E-state index is -0.262. The summed E-state index contributed by atoms with van der Waals surface area (Å²) in [4.78, 5) is 19.0. The number of rotatable bonds is 7. The summed E-state index contributed by atoms with van der Waals surface area (Å²) in [6, 6.07) is 13.3. The van der Waals surface area contributed by atoms with Gasteiger partial charge in [0.2, 0.25) is 5.88 Å². The van der Waals surface area contributed by atoms with Gasteiger partial charge in [0.1, 0.15) is 11.9 Å². The van der Waals surface area contributed by atoms with Gasteiger partial charge in [0.15, 0.2) is 11.5 Å². The molecule has 0 aliphatic carbocycles. The zero-order chi connectivity index (χ0) is 23.2. The zero-order valence-corrected chi connectivity index (χ0v) is 19.2. The van der Waals surface area contributed by atoms with Crippen LogP contribution in [0.2, 0.25) is 0 Å². The van der Waals surface area contributed by atoms with Crippen LogP contribution in [0.1, 0.15) is 41.4 Å². The van der Waals surface area contributed by atoms with Crippen LogP contribution in [0.4, 0.5) is 11.5 Å². The highest BCUT2D eigenvalue weighted by Gasteiger charge is 2.23. The maximum Gasteiger partial charge on any atom is 0.276 e. The summed E-state index contributed by atoms with van der Waals surface area (Å²) in [5, 5.41) is 11.5. The smallest absolute Gasteiger partial charge is 0.276 e. The normalized spacial score (nSPS) is 14.1. The summed E-state index contributed by atoms with van der Waals surface area (Å²) in [5.74, 6) is 1.85. The van der Waals surface area contributed by atoms with Crippen molar-refractivity contribution < 1.29 is 14.3 Å². The number of amides is 1. The summed E-state index contributed by atoms with van der Waals surface area (Å²) < 4.78 is 11.1. The SMILES string of the molecule is CCc1ccc(NC(=O)c2cc(C)c(N3CCC(Oc4ccc(OC)nc4)CC3)nn2)cc1.